The number of nitrogens with zero attached hydrogens (tertiary/aromatic N) is 5. The lowest BCUT2D eigenvalue weighted by molar-refractivity contribution is -0.393. The Balaban J connectivity index is 0.000000442. The van der Waals surface area contributed by atoms with Crippen LogP contribution in [0.15, 0.2) is 24.3 Å². The molecule has 0 aliphatic heterocycles. The average molecular weight is 631 g/mol. The summed E-state index contributed by atoms with van der Waals surface area (Å²) in [6.45, 7) is 13.3. The van der Waals surface area contributed by atoms with Gasteiger partial charge in [0.1, 0.15) is 0 Å². The van der Waals surface area contributed by atoms with Crippen LogP contribution in [0.5, 0.6) is 0 Å². The minimum absolute atomic E-state index is 0.0210. The summed E-state index contributed by atoms with van der Waals surface area (Å²) in [5.74, 6) is 0. The average Bonchev–Trinajstić information content (AvgIpc) is 2.91. The van der Waals surface area contributed by atoms with Crippen molar-refractivity contribution in [1.82, 2.24) is 0 Å². The van der Waals surface area contributed by atoms with Crippen molar-refractivity contribution >= 4 is 34.1 Å². The zero-order valence-corrected chi connectivity index (χ0v) is 25.6. The minimum atomic E-state index is -4.91. The molecule has 0 aromatic heterocycles. The molecule has 0 heterocycles. The third kappa shape index (κ3) is 9.74. The first kappa shape index (κ1) is 37.5. The van der Waals surface area contributed by atoms with Gasteiger partial charge in [0.2, 0.25) is 0 Å². The van der Waals surface area contributed by atoms with Gasteiger partial charge in [-0.15, -0.1) is 0 Å². The number of unbranched alkanes of at least 4 members (excludes halogenated alkanes) is 1. The molecule has 17 heteroatoms. The van der Waals surface area contributed by atoms with Crippen LogP contribution in [0.2, 0.25) is 0 Å². The highest BCUT2D eigenvalue weighted by Crippen LogP contribution is 2.43. The first-order chi connectivity index (χ1) is 20.2. The van der Waals surface area contributed by atoms with Crippen LogP contribution in [-0.2, 0) is 11.6 Å². The van der Waals surface area contributed by atoms with Crippen LogP contribution in [-0.4, -0.2) is 38.8 Å². The lowest BCUT2D eigenvalue weighted by atomic mass is 9.86. The Morgan fingerprint density at radius 3 is 1.48 bits per heavy atom. The fourth-order valence-corrected chi connectivity index (χ4v) is 3.98. The van der Waals surface area contributed by atoms with Gasteiger partial charge in [0, 0.05) is 43.4 Å². The molecule has 0 amide bonds. The van der Waals surface area contributed by atoms with Gasteiger partial charge < -0.3 is 10.2 Å². The molecule has 14 nitrogen and oxygen atoms in total. The molecule has 1 N–H and O–H groups in total. The second-order valence-electron chi connectivity index (χ2n) is 10.9. The number of nitro benzene ring substituents is 4. The molecule has 0 spiro atoms. The Labute approximate surface area is 251 Å². The molecule has 2 aromatic carbocycles. The topological polar surface area (TPSA) is 188 Å². The first-order valence-electron chi connectivity index (χ1n) is 13.7. The Bertz CT molecular complexity index is 1310. The van der Waals surface area contributed by atoms with Gasteiger partial charge in [-0.3, -0.25) is 40.5 Å². The first-order valence-corrected chi connectivity index (χ1v) is 13.7. The van der Waals surface area contributed by atoms with E-state index in [0.717, 1.165) is 6.42 Å². The zero-order chi connectivity index (χ0) is 34.2. The van der Waals surface area contributed by atoms with Crippen molar-refractivity contribution in [2.24, 2.45) is 0 Å². The second-order valence-corrected chi connectivity index (χ2v) is 10.9. The van der Waals surface area contributed by atoms with Crippen molar-refractivity contribution in [3.8, 4) is 0 Å². The van der Waals surface area contributed by atoms with Crippen LogP contribution in [0, 0.1) is 40.5 Å². The molecule has 0 saturated carbocycles. The number of nitro groups is 4. The number of hydrogen-bond donors (Lipinski definition) is 1. The molecule has 2 rings (SSSR count). The summed E-state index contributed by atoms with van der Waals surface area (Å²) in [5, 5.41) is 47.8. The maximum absolute atomic E-state index is 12.8. The van der Waals surface area contributed by atoms with Crippen molar-refractivity contribution < 1.29 is 32.9 Å². The number of alkyl halides is 3. The summed E-state index contributed by atoms with van der Waals surface area (Å²) in [4.78, 5) is 43.1. The number of halogens is 3. The Morgan fingerprint density at radius 2 is 1.18 bits per heavy atom. The smallest absolute Gasteiger partial charge is 0.371 e. The van der Waals surface area contributed by atoms with Crippen LogP contribution >= 0.6 is 0 Å². The molecule has 0 aliphatic rings. The van der Waals surface area contributed by atoms with Crippen LogP contribution in [0.1, 0.15) is 78.9 Å². The third-order valence-corrected chi connectivity index (χ3v) is 6.63. The molecule has 44 heavy (non-hydrogen) atoms. The number of rotatable bonds is 12. The van der Waals surface area contributed by atoms with Gasteiger partial charge in [-0.25, -0.2) is 0 Å². The quantitative estimate of drug-likeness (QED) is 0.177. The van der Waals surface area contributed by atoms with Crippen LogP contribution in [0.4, 0.5) is 47.3 Å². The molecule has 2 aromatic rings. The minimum Gasteiger partial charge on any atom is -0.371 e. The van der Waals surface area contributed by atoms with E-state index in [0.29, 0.717) is 30.5 Å². The summed E-state index contributed by atoms with van der Waals surface area (Å²) in [7, 11) is 0. The number of benzene rings is 2. The molecular weight excluding hydrogens is 593 g/mol. The second kappa shape index (κ2) is 15.2. The van der Waals surface area contributed by atoms with Gasteiger partial charge in [0.25, 0.3) is 22.7 Å². The van der Waals surface area contributed by atoms with E-state index >= 15 is 0 Å². The highest BCUT2D eigenvalue weighted by Gasteiger charge is 2.39. The standard InChI is InChI=1S/C14H21N3O4.C13H16F3N3O4/c1-6-9(2)15-13-11(16(18)19)7-10(14(3,4)5)8-12(13)17(20)21;1-3-5-6-17(4-2)12-10(18(20)21)7-9(13(14,15)16)8-11(12)19(22)23/h7-9,15H,6H2,1-5H3;7-8H,3-6H2,1-2H3. The monoisotopic (exact) mass is 630 g/mol. The highest BCUT2D eigenvalue weighted by atomic mass is 19.4. The van der Waals surface area contributed by atoms with Crippen LogP contribution < -0.4 is 10.2 Å². The fraction of sp³-hybridized carbons (Fsp3) is 0.556. The molecule has 1 unspecified atom stereocenters. The molecular formula is C27H37F3N6O8. The van der Waals surface area contributed by atoms with E-state index in [1.165, 1.54) is 17.0 Å². The summed E-state index contributed by atoms with van der Waals surface area (Å²) >= 11 is 0. The van der Waals surface area contributed by atoms with E-state index in [-0.39, 0.29) is 41.9 Å². The molecule has 1 atom stereocenters. The fourth-order valence-electron chi connectivity index (χ4n) is 3.98. The lowest BCUT2D eigenvalue weighted by Crippen LogP contribution is -2.26. The number of hydrogen-bond acceptors (Lipinski definition) is 10. The molecule has 244 valence electrons. The van der Waals surface area contributed by atoms with Gasteiger partial charge in [0.05, 0.1) is 25.3 Å². The van der Waals surface area contributed by atoms with Gasteiger partial charge in [0.15, 0.2) is 11.4 Å². The predicted molar refractivity (Wildman–Crippen MR) is 159 cm³/mol. The zero-order valence-electron chi connectivity index (χ0n) is 25.6. The summed E-state index contributed by atoms with van der Waals surface area (Å²) in [6, 6.07) is 3.42. The predicted octanol–water partition coefficient (Wildman–Crippen LogP) is 8.16. The molecule has 0 fully saturated rings. The molecule has 0 radical (unpaired) electrons. The Kier molecular flexibility index (Phi) is 13.0. The van der Waals surface area contributed by atoms with E-state index in [9.17, 15) is 53.6 Å². The molecule has 0 aliphatic carbocycles. The number of nitrogens with one attached hydrogen (secondary N) is 1. The normalized spacial score (nSPS) is 12.0. The summed E-state index contributed by atoms with van der Waals surface area (Å²) in [6.07, 6.45) is -2.87. The van der Waals surface area contributed by atoms with E-state index in [2.05, 4.69) is 5.32 Å². The van der Waals surface area contributed by atoms with Crippen molar-refractivity contribution in [1.29, 1.82) is 0 Å². The van der Waals surface area contributed by atoms with Crippen LogP contribution in [0.3, 0.4) is 0 Å². The van der Waals surface area contributed by atoms with Crippen molar-refractivity contribution in [2.75, 3.05) is 23.3 Å². The van der Waals surface area contributed by atoms with Crippen molar-refractivity contribution in [3.05, 3.63) is 75.8 Å². The Morgan fingerprint density at radius 1 is 0.773 bits per heavy atom. The van der Waals surface area contributed by atoms with Gasteiger partial charge in [-0.2, -0.15) is 13.2 Å². The van der Waals surface area contributed by atoms with Gasteiger partial charge in [-0.1, -0.05) is 41.0 Å². The van der Waals surface area contributed by atoms with Crippen molar-refractivity contribution in [2.45, 2.75) is 85.4 Å². The SMILES string of the molecule is CCC(C)Nc1c([N+](=O)[O-])cc(C(C)(C)C)cc1[N+](=O)[O-].CCCCN(CC)c1c([N+](=O)[O-])cc(C(F)(F)F)cc1[N+](=O)[O-]. The number of anilines is 2. The van der Waals surface area contributed by atoms with Crippen molar-refractivity contribution in [3.63, 3.8) is 0 Å². The maximum atomic E-state index is 12.8. The third-order valence-electron chi connectivity index (χ3n) is 6.63. The molecule has 0 bridgehead atoms. The van der Waals surface area contributed by atoms with E-state index in [4.69, 9.17) is 0 Å². The summed E-state index contributed by atoms with van der Waals surface area (Å²) in [5.41, 5.74) is -4.00. The highest BCUT2D eigenvalue weighted by molar-refractivity contribution is 5.77. The van der Waals surface area contributed by atoms with E-state index in [1.807, 2.05) is 41.5 Å². The maximum Gasteiger partial charge on any atom is 0.416 e. The van der Waals surface area contributed by atoms with Gasteiger partial charge >= 0.3 is 6.18 Å². The molecule has 0 saturated heterocycles. The lowest BCUT2D eigenvalue weighted by Gasteiger charge is -2.23. The Hall–Kier alpha value is -4.57. The van der Waals surface area contributed by atoms with E-state index < -0.39 is 48.2 Å². The van der Waals surface area contributed by atoms with Crippen LogP contribution in [0.25, 0.3) is 0 Å². The van der Waals surface area contributed by atoms with E-state index in [1.54, 1.807) is 6.92 Å². The summed E-state index contributed by atoms with van der Waals surface area (Å²) < 4.78 is 38.5. The largest absolute Gasteiger partial charge is 0.416 e. The van der Waals surface area contributed by atoms with Gasteiger partial charge in [-0.05, 0) is 37.7 Å².